The van der Waals surface area contributed by atoms with E-state index in [9.17, 15) is 9.59 Å². The van der Waals surface area contributed by atoms with Crippen molar-refractivity contribution in [3.63, 3.8) is 0 Å². The van der Waals surface area contributed by atoms with Crippen LogP contribution in [0.1, 0.15) is 44.9 Å². The summed E-state index contributed by atoms with van der Waals surface area (Å²) < 4.78 is 24.5. The first-order valence-electron chi connectivity index (χ1n) is 12.6. The van der Waals surface area contributed by atoms with Gasteiger partial charge in [-0.15, -0.1) is 0 Å². The van der Waals surface area contributed by atoms with Crippen LogP contribution in [0.25, 0.3) is 6.08 Å². The van der Waals surface area contributed by atoms with Crippen molar-refractivity contribution in [3.8, 4) is 17.2 Å². The molecule has 8 nitrogen and oxygen atoms in total. The van der Waals surface area contributed by atoms with Crippen molar-refractivity contribution < 1.29 is 23.7 Å². The van der Waals surface area contributed by atoms with Crippen molar-refractivity contribution in [3.05, 3.63) is 97.2 Å². The standard InChI is InChI=1S/C30H32N2O6S/c1-7-14-37-22-11-9-10-20(15-22)16-25-28(33)32-27(21-12-13-23(38-18(3)4)24(17-21)35-6)26(29(34)36-8-2)19(5)31-30(32)39-25/h7,9-13,15-18,27H,1,8,14H2,2-6H3/b25-16+/t27-/m0/s1. The van der Waals surface area contributed by atoms with E-state index in [1.54, 1.807) is 49.8 Å². The Morgan fingerprint density at radius 1 is 1.21 bits per heavy atom. The van der Waals surface area contributed by atoms with Gasteiger partial charge in [0.2, 0.25) is 0 Å². The first-order chi connectivity index (χ1) is 18.8. The van der Waals surface area contributed by atoms with E-state index >= 15 is 0 Å². The second-order valence-electron chi connectivity index (χ2n) is 9.05. The number of ether oxygens (including phenoxy) is 4. The molecule has 3 aromatic rings. The van der Waals surface area contributed by atoms with Crippen molar-refractivity contribution in [2.75, 3.05) is 20.3 Å². The quantitative estimate of drug-likeness (QED) is 0.279. The number of methoxy groups -OCH3 is 1. The predicted molar refractivity (Wildman–Crippen MR) is 151 cm³/mol. The highest BCUT2D eigenvalue weighted by molar-refractivity contribution is 7.07. The summed E-state index contributed by atoms with van der Waals surface area (Å²) in [4.78, 5) is 32.2. The molecule has 0 saturated carbocycles. The van der Waals surface area contributed by atoms with Gasteiger partial charge in [-0.3, -0.25) is 9.36 Å². The number of carbonyl (C=O) groups is 1. The van der Waals surface area contributed by atoms with Crippen molar-refractivity contribution >= 4 is 23.4 Å². The Bertz CT molecular complexity index is 1600. The van der Waals surface area contributed by atoms with E-state index in [2.05, 4.69) is 11.6 Å². The zero-order valence-corrected chi connectivity index (χ0v) is 23.5. The molecule has 204 valence electrons. The number of allylic oxidation sites excluding steroid dienone is 1. The molecule has 0 fully saturated rings. The average molecular weight is 549 g/mol. The number of hydrogen-bond donors (Lipinski definition) is 0. The number of esters is 1. The third-order valence-corrected chi connectivity index (χ3v) is 6.89. The molecule has 0 saturated heterocycles. The number of rotatable bonds is 10. The summed E-state index contributed by atoms with van der Waals surface area (Å²) in [5, 5.41) is 0. The maximum Gasteiger partial charge on any atom is 0.338 e. The molecule has 0 aliphatic carbocycles. The molecule has 0 unspecified atom stereocenters. The molecule has 39 heavy (non-hydrogen) atoms. The van der Waals surface area contributed by atoms with E-state index in [0.29, 0.717) is 50.0 Å². The lowest BCUT2D eigenvalue weighted by Gasteiger charge is -2.25. The van der Waals surface area contributed by atoms with Crippen LogP contribution in [0, 0.1) is 0 Å². The normalized spacial score (nSPS) is 15.0. The number of nitrogens with zero attached hydrogens (tertiary/aromatic N) is 2. The molecule has 2 heterocycles. The summed E-state index contributed by atoms with van der Waals surface area (Å²) in [6.07, 6.45) is 3.41. The lowest BCUT2D eigenvalue weighted by Crippen LogP contribution is -2.40. The van der Waals surface area contributed by atoms with Crippen LogP contribution in [0.2, 0.25) is 0 Å². The van der Waals surface area contributed by atoms with Gasteiger partial charge in [0.15, 0.2) is 16.3 Å². The summed E-state index contributed by atoms with van der Waals surface area (Å²) in [7, 11) is 1.55. The lowest BCUT2D eigenvalue weighted by molar-refractivity contribution is -0.139. The van der Waals surface area contributed by atoms with Crippen molar-refractivity contribution in [2.24, 2.45) is 4.99 Å². The molecule has 0 radical (unpaired) electrons. The molecule has 4 rings (SSSR count). The maximum absolute atomic E-state index is 13.9. The van der Waals surface area contributed by atoms with Crippen LogP contribution in [-0.2, 0) is 9.53 Å². The minimum atomic E-state index is -0.758. The molecule has 1 aliphatic heterocycles. The van der Waals surface area contributed by atoms with Gasteiger partial charge in [0, 0.05) is 0 Å². The van der Waals surface area contributed by atoms with E-state index in [0.717, 1.165) is 5.56 Å². The average Bonchev–Trinajstić information content (AvgIpc) is 3.21. The Morgan fingerprint density at radius 2 is 2.00 bits per heavy atom. The molecule has 2 aromatic carbocycles. The fourth-order valence-electron chi connectivity index (χ4n) is 4.31. The SMILES string of the molecule is C=CCOc1cccc(/C=c2/sc3n(c2=O)[C@@H](c2ccc(OC(C)C)c(OC)c2)C(C(=O)OCC)=C(C)N=3)c1. The summed E-state index contributed by atoms with van der Waals surface area (Å²) in [6.45, 7) is 11.6. The van der Waals surface area contributed by atoms with Crippen molar-refractivity contribution in [1.82, 2.24) is 4.57 Å². The molecule has 1 atom stereocenters. The number of hydrogen-bond acceptors (Lipinski definition) is 8. The fourth-order valence-corrected chi connectivity index (χ4v) is 5.36. The third kappa shape index (κ3) is 5.98. The fraction of sp³-hybridized carbons (Fsp3) is 0.300. The van der Waals surface area contributed by atoms with Gasteiger partial charge in [-0.05, 0) is 69.2 Å². The van der Waals surface area contributed by atoms with Crippen LogP contribution in [0.4, 0.5) is 0 Å². The third-order valence-electron chi connectivity index (χ3n) is 5.91. The van der Waals surface area contributed by atoms with E-state index < -0.39 is 12.0 Å². The number of carbonyl (C=O) groups excluding carboxylic acids is 1. The Morgan fingerprint density at radius 3 is 2.69 bits per heavy atom. The highest BCUT2D eigenvalue weighted by Gasteiger charge is 2.34. The minimum absolute atomic E-state index is 0.0553. The van der Waals surface area contributed by atoms with E-state index in [1.165, 1.54) is 11.3 Å². The van der Waals surface area contributed by atoms with Crippen LogP contribution >= 0.6 is 11.3 Å². The van der Waals surface area contributed by atoms with Gasteiger partial charge >= 0.3 is 5.97 Å². The van der Waals surface area contributed by atoms with Crippen molar-refractivity contribution in [1.29, 1.82) is 0 Å². The van der Waals surface area contributed by atoms with Gasteiger partial charge in [-0.1, -0.05) is 42.2 Å². The highest BCUT2D eigenvalue weighted by Crippen LogP contribution is 2.36. The zero-order valence-electron chi connectivity index (χ0n) is 22.7. The summed E-state index contributed by atoms with van der Waals surface area (Å²) in [5.41, 5.74) is 2.00. The van der Waals surface area contributed by atoms with Crippen LogP contribution < -0.4 is 29.1 Å². The van der Waals surface area contributed by atoms with Gasteiger partial charge in [-0.25, -0.2) is 9.79 Å². The van der Waals surface area contributed by atoms with Crippen molar-refractivity contribution in [2.45, 2.75) is 39.8 Å². The van der Waals surface area contributed by atoms with E-state index in [1.807, 2.05) is 44.2 Å². The molecule has 0 N–H and O–H groups in total. The van der Waals surface area contributed by atoms with Crippen LogP contribution in [0.3, 0.4) is 0 Å². The Kier molecular flexibility index (Phi) is 8.71. The zero-order chi connectivity index (χ0) is 28.1. The molecule has 1 aliphatic rings. The highest BCUT2D eigenvalue weighted by atomic mass is 32.1. The molecule has 0 amide bonds. The first-order valence-corrected chi connectivity index (χ1v) is 13.5. The minimum Gasteiger partial charge on any atom is -0.493 e. The number of thiazole rings is 1. The maximum atomic E-state index is 13.9. The van der Waals surface area contributed by atoms with Crippen LogP contribution in [-0.4, -0.2) is 37.0 Å². The predicted octanol–water partition coefficient (Wildman–Crippen LogP) is 4.16. The lowest BCUT2D eigenvalue weighted by atomic mass is 9.95. The Balaban J connectivity index is 1.90. The topological polar surface area (TPSA) is 88.3 Å². The van der Waals surface area contributed by atoms with E-state index in [4.69, 9.17) is 18.9 Å². The number of benzene rings is 2. The van der Waals surface area contributed by atoms with Gasteiger partial charge in [-0.2, -0.15) is 0 Å². The molecular formula is C30H32N2O6S. The Hall–Kier alpha value is -4.11. The second kappa shape index (κ2) is 12.2. The smallest absolute Gasteiger partial charge is 0.338 e. The summed E-state index contributed by atoms with van der Waals surface area (Å²) in [5.74, 6) is 1.22. The summed E-state index contributed by atoms with van der Waals surface area (Å²) >= 11 is 1.26. The Labute approximate surface area is 231 Å². The summed E-state index contributed by atoms with van der Waals surface area (Å²) in [6, 6.07) is 12.1. The molecule has 1 aromatic heterocycles. The van der Waals surface area contributed by atoms with Crippen LogP contribution in [0.15, 0.2) is 76.2 Å². The largest absolute Gasteiger partial charge is 0.493 e. The van der Waals surface area contributed by atoms with Gasteiger partial charge in [0.1, 0.15) is 12.4 Å². The molecule has 0 bridgehead atoms. The first kappa shape index (κ1) is 27.9. The molecular weight excluding hydrogens is 516 g/mol. The molecule has 0 spiro atoms. The van der Waals surface area contributed by atoms with Crippen LogP contribution in [0.5, 0.6) is 17.2 Å². The van der Waals surface area contributed by atoms with Gasteiger partial charge < -0.3 is 18.9 Å². The van der Waals surface area contributed by atoms with Gasteiger partial charge in [0.25, 0.3) is 5.56 Å². The van der Waals surface area contributed by atoms with Gasteiger partial charge in [0.05, 0.1) is 41.7 Å². The molecule has 9 heteroatoms. The number of aromatic nitrogens is 1. The van der Waals surface area contributed by atoms with E-state index in [-0.39, 0.29) is 18.3 Å². The number of fused-ring (bicyclic) bond motifs is 1. The monoisotopic (exact) mass is 548 g/mol. The second-order valence-corrected chi connectivity index (χ2v) is 10.1.